The monoisotopic (exact) mass is 304 g/mol. The summed E-state index contributed by atoms with van der Waals surface area (Å²) in [5.41, 5.74) is 1.03. The Hall–Kier alpha value is -0.430. The zero-order valence-corrected chi connectivity index (χ0v) is 13.8. The first kappa shape index (κ1) is 16.6. The summed E-state index contributed by atoms with van der Waals surface area (Å²) in [6.07, 6.45) is 1.67. The van der Waals surface area contributed by atoms with Crippen molar-refractivity contribution >= 4 is 21.4 Å². The predicted octanol–water partition coefficient (Wildman–Crippen LogP) is 2.67. The molecule has 0 unspecified atom stereocenters. The van der Waals surface area contributed by atoms with Crippen LogP contribution in [0.1, 0.15) is 39.2 Å². The smallest absolute Gasteiger partial charge is 0.252 e. The largest absolute Gasteiger partial charge is 0.313 e. The molecule has 1 aromatic heterocycles. The summed E-state index contributed by atoms with van der Waals surface area (Å²) < 4.78 is 26.9. The first-order valence-electron chi connectivity index (χ1n) is 6.73. The molecule has 0 bridgehead atoms. The first-order valence-corrected chi connectivity index (χ1v) is 9.05. The zero-order chi connectivity index (χ0) is 14.5. The summed E-state index contributed by atoms with van der Waals surface area (Å²) in [4.78, 5) is 0. The zero-order valence-electron chi connectivity index (χ0n) is 12.1. The van der Waals surface area contributed by atoms with Crippen LogP contribution in [0.15, 0.2) is 15.7 Å². The Morgan fingerprint density at radius 3 is 2.47 bits per heavy atom. The summed E-state index contributed by atoms with van der Waals surface area (Å²) >= 11 is 1.30. The van der Waals surface area contributed by atoms with E-state index in [1.54, 1.807) is 13.1 Å². The predicted molar refractivity (Wildman–Crippen MR) is 81.0 cm³/mol. The molecule has 110 valence electrons. The third kappa shape index (κ3) is 4.02. The number of hydrogen-bond donors (Lipinski definition) is 1. The van der Waals surface area contributed by atoms with Gasteiger partial charge in [-0.1, -0.05) is 20.8 Å². The average molecular weight is 304 g/mol. The Bertz CT molecular complexity index is 479. The number of sulfonamides is 1. The van der Waals surface area contributed by atoms with Gasteiger partial charge in [0.25, 0.3) is 10.0 Å². The van der Waals surface area contributed by atoms with Crippen molar-refractivity contribution in [2.75, 3.05) is 13.6 Å². The van der Waals surface area contributed by atoms with E-state index in [9.17, 15) is 8.42 Å². The summed E-state index contributed by atoms with van der Waals surface area (Å²) in [6, 6.07) is 1.85. The van der Waals surface area contributed by atoms with E-state index >= 15 is 0 Å². The van der Waals surface area contributed by atoms with Crippen molar-refractivity contribution in [2.24, 2.45) is 0 Å². The van der Waals surface area contributed by atoms with E-state index in [0.717, 1.165) is 31.5 Å². The van der Waals surface area contributed by atoms with Crippen LogP contribution in [0.5, 0.6) is 0 Å². The molecule has 1 heterocycles. The molecule has 0 aliphatic rings. The second-order valence-corrected chi connectivity index (χ2v) is 7.68. The molecule has 1 N–H and O–H groups in total. The van der Waals surface area contributed by atoms with E-state index in [1.165, 1.54) is 15.6 Å². The molecule has 0 saturated carbocycles. The normalized spacial score (nSPS) is 12.5. The van der Waals surface area contributed by atoms with Crippen LogP contribution in [-0.4, -0.2) is 32.4 Å². The number of rotatable bonds is 8. The molecular formula is C13H24N2O2S2. The molecule has 0 atom stereocenters. The summed E-state index contributed by atoms with van der Waals surface area (Å²) in [5, 5.41) is 5.11. The van der Waals surface area contributed by atoms with Crippen LogP contribution in [0.3, 0.4) is 0 Å². The highest BCUT2D eigenvalue weighted by atomic mass is 32.2. The number of thiophene rings is 1. The maximum absolute atomic E-state index is 12.5. The van der Waals surface area contributed by atoms with Gasteiger partial charge in [0.05, 0.1) is 0 Å². The maximum Gasteiger partial charge on any atom is 0.252 e. The summed E-state index contributed by atoms with van der Waals surface area (Å²) in [5.74, 6) is 0. The Morgan fingerprint density at radius 2 is 1.95 bits per heavy atom. The lowest BCUT2D eigenvalue weighted by molar-refractivity contribution is 0.350. The van der Waals surface area contributed by atoms with Crippen LogP contribution in [0.25, 0.3) is 0 Å². The van der Waals surface area contributed by atoms with E-state index < -0.39 is 10.0 Å². The fraction of sp³-hybridized carbons (Fsp3) is 0.692. The molecule has 0 aromatic carbocycles. The van der Waals surface area contributed by atoms with Crippen LogP contribution in [0, 0.1) is 0 Å². The lowest BCUT2D eigenvalue weighted by Gasteiger charge is -2.24. The molecule has 0 amide bonds. The average Bonchev–Trinajstić information content (AvgIpc) is 2.87. The van der Waals surface area contributed by atoms with Gasteiger partial charge < -0.3 is 5.32 Å². The van der Waals surface area contributed by atoms with Crippen molar-refractivity contribution in [3.63, 3.8) is 0 Å². The summed E-state index contributed by atoms with van der Waals surface area (Å²) in [7, 11) is -1.67. The molecule has 0 fully saturated rings. The molecule has 1 rings (SSSR count). The number of hydrogen-bond acceptors (Lipinski definition) is 4. The Labute approximate surface area is 120 Å². The lowest BCUT2D eigenvalue weighted by atomic mass is 10.2. The fourth-order valence-electron chi connectivity index (χ4n) is 1.99. The lowest BCUT2D eigenvalue weighted by Crippen LogP contribution is -2.35. The van der Waals surface area contributed by atoms with E-state index in [-0.39, 0.29) is 6.04 Å². The van der Waals surface area contributed by atoms with Crippen molar-refractivity contribution in [3.8, 4) is 0 Å². The summed E-state index contributed by atoms with van der Waals surface area (Å²) in [6.45, 7) is 7.67. The minimum atomic E-state index is -3.34. The first-order chi connectivity index (χ1) is 8.97. The second-order valence-electron chi connectivity index (χ2n) is 4.55. The van der Waals surface area contributed by atoms with E-state index in [2.05, 4.69) is 5.32 Å². The van der Waals surface area contributed by atoms with Gasteiger partial charge in [0, 0.05) is 19.6 Å². The van der Waals surface area contributed by atoms with Gasteiger partial charge >= 0.3 is 0 Å². The van der Waals surface area contributed by atoms with Crippen LogP contribution >= 0.6 is 11.3 Å². The van der Waals surface area contributed by atoms with Crippen LogP contribution in [-0.2, 0) is 16.6 Å². The maximum atomic E-state index is 12.5. The molecule has 19 heavy (non-hydrogen) atoms. The van der Waals surface area contributed by atoms with Gasteiger partial charge in [0.15, 0.2) is 0 Å². The number of nitrogens with zero attached hydrogens (tertiary/aromatic N) is 1. The third-order valence-corrected chi connectivity index (χ3v) is 6.67. The molecule has 0 aliphatic carbocycles. The van der Waals surface area contributed by atoms with E-state index in [1.807, 2.05) is 26.2 Å². The molecule has 1 aromatic rings. The van der Waals surface area contributed by atoms with Gasteiger partial charge in [0.2, 0.25) is 0 Å². The molecule has 0 spiro atoms. The van der Waals surface area contributed by atoms with E-state index in [4.69, 9.17) is 0 Å². The molecule has 0 aliphatic heterocycles. The van der Waals surface area contributed by atoms with Crippen molar-refractivity contribution in [2.45, 2.75) is 50.4 Å². The van der Waals surface area contributed by atoms with Crippen molar-refractivity contribution in [1.82, 2.24) is 9.62 Å². The molecule has 0 saturated heterocycles. The van der Waals surface area contributed by atoms with Crippen LogP contribution < -0.4 is 5.32 Å². The highest BCUT2D eigenvalue weighted by Crippen LogP contribution is 2.25. The Balaban J connectivity index is 2.90. The van der Waals surface area contributed by atoms with Gasteiger partial charge in [-0.3, -0.25) is 0 Å². The molecule has 6 heteroatoms. The van der Waals surface area contributed by atoms with Crippen molar-refractivity contribution < 1.29 is 8.42 Å². The Kier molecular flexibility index (Phi) is 6.46. The van der Waals surface area contributed by atoms with Crippen molar-refractivity contribution in [1.29, 1.82) is 0 Å². The highest BCUT2D eigenvalue weighted by molar-refractivity contribution is 7.91. The second kappa shape index (κ2) is 7.38. The van der Waals surface area contributed by atoms with Crippen LogP contribution in [0.2, 0.25) is 0 Å². The molecular weight excluding hydrogens is 280 g/mol. The van der Waals surface area contributed by atoms with Crippen LogP contribution in [0.4, 0.5) is 0 Å². The minimum Gasteiger partial charge on any atom is -0.313 e. The van der Waals surface area contributed by atoms with Crippen molar-refractivity contribution in [3.05, 3.63) is 17.0 Å². The minimum absolute atomic E-state index is 0.0734. The number of nitrogens with one attached hydrogen (secondary N) is 1. The van der Waals surface area contributed by atoms with Gasteiger partial charge in [-0.2, -0.15) is 4.31 Å². The highest BCUT2D eigenvalue weighted by Gasteiger charge is 2.27. The van der Waals surface area contributed by atoms with Gasteiger partial charge in [0.1, 0.15) is 4.21 Å². The third-order valence-electron chi connectivity index (χ3n) is 3.30. The quantitative estimate of drug-likeness (QED) is 0.803. The fourth-order valence-corrected chi connectivity index (χ4v) is 4.89. The van der Waals surface area contributed by atoms with Gasteiger partial charge in [-0.05, 0) is 36.4 Å². The molecule has 0 radical (unpaired) electrons. The van der Waals surface area contributed by atoms with E-state index in [0.29, 0.717) is 4.21 Å². The topological polar surface area (TPSA) is 49.4 Å². The standard InChI is InChI=1S/C13H24N2O2S2/c1-5-12(6-2)15(4)19(16,17)13-8-11(10-18-13)9-14-7-3/h8,10,12,14H,5-7,9H2,1-4H3. The SMILES string of the molecule is CCNCc1csc(S(=O)(=O)N(C)C(CC)CC)c1. The molecule has 4 nitrogen and oxygen atoms in total. The van der Waals surface area contributed by atoms with Gasteiger partial charge in [-0.15, -0.1) is 11.3 Å². The van der Waals surface area contributed by atoms with Gasteiger partial charge in [-0.25, -0.2) is 8.42 Å². The Morgan fingerprint density at radius 1 is 1.32 bits per heavy atom.